The van der Waals surface area contributed by atoms with Crippen LogP contribution in [0.1, 0.15) is 49.8 Å². The number of carboxylic acid groups (broad SMARTS) is 2. The van der Waals surface area contributed by atoms with Crippen LogP contribution in [0.3, 0.4) is 0 Å². The molecule has 5 N–H and O–H groups in total. The minimum absolute atomic E-state index is 0.0554. The standard InChI is InChI=1S/C32H40N2O12/c1-20(35)4-5-21-6-9-23(10-7-21)44-15-12-27(36)34(32(43,31(41)42)29(38)30(39)40)24(19-33-13-2-3-14-33)28(37)22-8-11-25-26(18-22)46-17-16-45-25/h6-11,18,24,28-29,37-38,43H,2-5,12-17,19H2,1H3,(H,39,40)(H,41,42)/t24-,28-,29+,32-/m1/s1. The Morgan fingerprint density at radius 2 is 1.61 bits per heavy atom. The van der Waals surface area contributed by atoms with Gasteiger partial charge in [-0.1, -0.05) is 18.2 Å². The Labute approximate surface area is 265 Å². The van der Waals surface area contributed by atoms with Crippen molar-refractivity contribution < 1.29 is 58.9 Å². The van der Waals surface area contributed by atoms with Gasteiger partial charge in [-0.25, -0.2) is 9.59 Å². The van der Waals surface area contributed by atoms with E-state index in [1.165, 1.54) is 19.1 Å². The van der Waals surface area contributed by atoms with Crippen LogP contribution in [-0.2, 0) is 25.6 Å². The van der Waals surface area contributed by atoms with Crippen molar-refractivity contribution in [1.29, 1.82) is 0 Å². The van der Waals surface area contributed by atoms with E-state index < -0.39 is 48.2 Å². The predicted molar refractivity (Wildman–Crippen MR) is 160 cm³/mol. The van der Waals surface area contributed by atoms with Crippen molar-refractivity contribution in [2.75, 3.05) is 39.5 Å². The molecule has 1 saturated heterocycles. The maximum Gasteiger partial charge on any atom is 0.361 e. The van der Waals surface area contributed by atoms with Crippen LogP contribution in [-0.4, -0.2) is 116 Å². The fourth-order valence-corrected chi connectivity index (χ4v) is 5.62. The van der Waals surface area contributed by atoms with Gasteiger partial charge in [0, 0.05) is 13.0 Å². The van der Waals surface area contributed by atoms with Crippen molar-refractivity contribution in [3.8, 4) is 17.2 Å². The molecule has 1 fully saturated rings. The lowest BCUT2D eigenvalue weighted by molar-refractivity contribution is -0.227. The monoisotopic (exact) mass is 644 g/mol. The third kappa shape index (κ3) is 8.12. The number of hydrogen-bond acceptors (Lipinski definition) is 11. The van der Waals surface area contributed by atoms with Crippen LogP contribution >= 0.6 is 0 Å². The van der Waals surface area contributed by atoms with Gasteiger partial charge in [0.25, 0.3) is 5.72 Å². The van der Waals surface area contributed by atoms with Crippen molar-refractivity contribution in [2.45, 2.75) is 63.0 Å². The maximum atomic E-state index is 13.9. The van der Waals surface area contributed by atoms with Crippen LogP contribution in [0.4, 0.5) is 0 Å². The number of nitrogens with zero attached hydrogens (tertiary/aromatic N) is 2. The molecule has 4 rings (SSSR count). The van der Waals surface area contributed by atoms with Crippen molar-refractivity contribution >= 4 is 23.6 Å². The number of carboxylic acids is 2. The largest absolute Gasteiger partial charge is 0.493 e. The molecule has 250 valence electrons. The number of rotatable bonds is 16. The second kappa shape index (κ2) is 15.4. The summed E-state index contributed by atoms with van der Waals surface area (Å²) in [6.45, 7) is 2.71. The number of likely N-dealkylation sites (tertiary alicyclic amines) is 1. The van der Waals surface area contributed by atoms with E-state index in [9.17, 15) is 44.7 Å². The molecular weight excluding hydrogens is 604 g/mol. The van der Waals surface area contributed by atoms with Crippen LogP contribution in [0.15, 0.2) is 42.5 Å². The highest BCUT2D eigenvalue weighted by molar-refractivity contribution is 5.91. The first-order valence-electron chi connectivity index (χ1n) is 15.1. The number of ketones is 1. The van der Waals surface area contributed by atoms with E-state index in [0.717, 1.165) is 18.4 Å². The van der Waals surface area contributed by atoms with Crippen LogP contribution in [0.25, 0.3) is 0 Å². The molecule has 14 heteroatoms. The third-order valence-corrected chi connectivity index (χ3v) is 8.09. The molecule has 0 aromatic heterocycles. The van der Waals surface area contributed by atoms with Crippen LogP contribution in [0.5, 0.6) is 17.2 Å². The molecule has 14 nitrogen and oxygen atoms in total. The molecule has 0 bridgehead atoms. The molecule has 1 amide bonds. The second-order valence-electron chi connectivity index (χ2n) is 11.4. The SMILES string of the molecule is CC(=O)CCc1ccc(OCCC(=O)N([C@H](CN2CCCC2)[C@H](O)c2ccc3c(c2)OCCO3)[C@](O)(C(=O)O)[C@@H](O)C(=O)O)cc1. The highest BCUT2D eigenvalue weighted by atomic mass is 16.6. The number of aryl methyl sites for hydroxylation is 1. The first kappa shape index (κ1) is 34.6. The molecule has 4 atom stereocenters. The number of hydrogen-bond donors (Lipinski definition) is 5. The minimum Gasteiger partial charge on any atom is -0.493 e. The average Bonchev–Trinajstić information content (AvgIpc) is 3.56. The van der Waals surface area contributed by atoms with Crippen LogP contribution < -0.4 is 14.2 Å². The molecule has 2 aromatic rings. The van der Waals surface area contributed by atoms with Gasteiger partial charge in [0.05, 0.1) is 19.1 Å². The summed E-state index contributed by atoms with van der Waals surface area (Å²) in [5, 5.41) is 53.5. The molecule has 0 aliphatic carbocycles. The number of fused-ring (bicyclic) bond motifs is 1. The lowest BCUT2D eigenvalue weighted by Crippen LogP contribution is -2.70. The summed E-state index contributed by atoms with van der Waals surface area (Å²) in [4.78, 5) is 51.9. The van der Waals surface area contributed by atoms with Gasteiger partial charge in [-0.2, -0.15) is 0 Å². The number of amides is 1. The zero-order chi connectivity index (χ0) is 33.4. The predicted octanol–water partition coefficient (Wildman–Crippen LogP) is 0.994. The normalized spacial score (nSPS) is 17.7. The van der Waals surface area contributed by atoms with Crippen LogP contribution in [0.2, 0.25) is 0 Å². The average molecular weight is 645 g/mol. The van der Waals surface area contributed by atoms with Gasteiger partial charge in [0.2, 0.25) is 12.0 Å². The summed E-state index contributed by atoms with van der Waals surface area (Å²) < 4.78 is 16.8. The van der Waals surface area contributed by atoms with E-state index in [-0.39, 0.29) is 31.1 Å². The Bertz CT molecular complexity index is 1390. The van der Waals surface area contributed by atoms with Gasteiger partial charge in [-0.3, -0.25) is 9.69 Å². The Hall–Kier alpha value is -4.24. The zero-order valence-electron chi connectivity index (χ0n) is 25.5. The van der Waals surface area contributed by atoms with E-state index in [1.54, 1.807) is 30.3 Å². The van der Waals surface area contributed by atoms with Crippen molar-refractivity contribution in [3.05, 3.63) is 53.6 Å². The summed E-state index contributed by atoms with van der Waals surface area (Å²) in [5.74, 6) is -4.21. The van der Waals surface area contributed by atoms with Crippen molar-refractivity contribution in [2.24, 2.45) is 0 Å². The van der Waals surface area contributed by atoms with E-state index in [0.29, 0.717) is 54.7 Å². The lowest BCUT2D eigenvalue weighted by Gasteiger charge is -2.45. The van der Waals surface area contributed by atoms with Gasteiger partial charge in [-0.05, 0) is 74.7 Å². The summed E-state index contributed by atoms with van der Waals surface area (Å²) in [5.41, 5.74) is -2.58. The Kier molecular flexibility index (Phi) is 11.6. The molecule has 2 aliphatic rings. The van der Waals surface area contributed by atoms with E-state index >= 15 is 0 Å². The molecule has 0 spiro atoms. The highest BCUT2D eigenvalue weighted by Gasteiger charge is 2.58. The number of ether oxygens (including phenoxy) is 3. The number of Topliss-reactive ketones (excluding diaryl/α,β-unsaturated/α-hetero) is 1. The summed E-state index contributed by atoms with van der Waals surface area (Å²) in [6, 6.07) is 9.76. The third-order valence-electron chi connectivity index (χ3n) is 8.09. The van der Waals surface area contributed by atoms with Gasteiger partial charge >= 0.3 is 11.9 Å². The summed E-state index contributed by atoms with van der Waals surface area (Å²) in [7, 11) is 0. The molecule has 0 saturated carbocycles. The molecule has 2 aliphatic heterocycles. The molecule has 2 aromatic carbocycles. The molecular formula is C32H40N2O12. The number of carbonyl (C=O) groups is 4. The maximum absolute atomic E-state index is 13.9. The number of carbonyl (C=O) groups excluding carboxylic acids is 2. The quantitative estimate of drug-likeness (QED) is 0.162. The molecule has 2 heterocycles. The minimum atomic E-state index is -3.67. The van der Waals surface area contributed by atoms with Crippen molar-refractivity contribution in [1.82, 2.24) is 9.80 Å². The fourth-order valence-electron chi connectivity index (χ4n) is 5.62. The molecule has 0 unspecified atom stereocenters. The number of aliphatic hydroxyl groups excluding tert-OH is 2. The lowest BCUT2D eigenvalue weighted by atomic mass is 9.94. The van der Waals surface area contributed by atoms with Crippen LogP contribution in [0, 0.1) is 0 Å². The number of aliphatic carboxylic acids is 2. The first-order valence-corrected chi connectivity index (χ1v) is 15.1. The fraction of sp³-hybridized carbons (Fsp3) is 0.500. The zero-order valence-corrected chi connectivity index (χ0v) is 25.5. The Balaban J connectivity index is 1.65. The Morgan fingerprint density at radius 3 is 2.22 bits per heavy atom. The molecule has 46 heavy (non-hydrogen) atoms. The first-order chi connectivity index (χ1) is 21.9. The van der Waals surface area contributed by atoms with E-state index in [1.807, 2.05) is 4.90 Å². The second-order valence-corrected chi connectivity index (χ2v) is 11.4. The topological polar surface area (TPSA) is 204 Å². The van der Waals surface area contributed by atoms with E-state index in [2.05, 4.69) is 0 Å². The Morgan fingerprint density at radius 1 is 0.957 bits per heavy atom. The van der Waals surface area contributed by atoms with Gasteiger partial charge < -0.3 is 49.4 Å². The molecule has 0 radical (unpaired) electrons. The smallest absolute Gasteiger partial charge is 0.361 e. The van der Waals surface area contributed by atoms with Gasteiger partial charge in [-0.15, -0.1) is 0 Å². The van der Waals surface area contributed by atoms with Crippen molar-refractivity contribution in [3.63, 3.8) is 0 Å². The van der Waals surface area contributed by atoms with E-state index in [4.69, 9.17) is 14.2 Å². The number of benzene rings is 2. The van der Waals surface area contributed by atoms with Gasteiger partial charge in [0.15, 0.2) is 11.5 Å². The highest BCUT2D eigenvalue weighted by Crippen LogP contribution is 2.36. The van der Waals surface area contributed by atoms with Gasteiger partial charge in [0.1, 0.15) is 30.9 Å². The summed E-state index contributed by atoms with van der Waals surface area (Å²) in [6.07, 6.45) is -2.64. The number of aliphatic hydroxyl groups is 3. The summed E-state index contributed by atoms with van der Waals surface area (Å²) >= 11 is 0.